The summed E-state index contributed by atoms with van der Waals surface area (Å²) in [5.41, 5.74) is 1.06. The number of benzene rings is 2. The van der Waals surface area contributed by atoms with Crippen molar-refractivity contribution < 1.29 is 18.0 Å². The number of fused-ring (bicyclic) bond motifs is 1. The highest BCUT2D eigenvalue weighted by Crippen LogP contribution is 2.19. The van der Waals surface area contributed by atoms with Gasteiger partial charge in [0, 0.05) is 23.6 Å². The summed E-state index contributed by atoms with van der Waals surface area (Å²) in [5.74, 6) is -1.89. The summed E-state index contributed by atoms with van der Waals surface area (Å²) in [5, 5.41) is 3.12. The van der Waals surface area contributed by atoms with E-state index in [0.717, 1.165) is 17.7 Å². The van der Waals surface area contributed by atoms with Crippen LogP contribution in [0.4, 0.5) is 8.78 Å². The van der Waals surface area contributed by atoms with Crippen LogP contribution in [0.1, 0.15) is 16.7 Å². The van der Waals surface area contributed by atoms with Gasteiger partial charge >= 0.3 is 5.63 Å². The first-order valence-corrected chi connectivity index (χ1v) is 7.67. The molecule has 0 unspecified atom stereocenters. The maximum Gasteiger partial charge on any atom is 0.336 e. The lowest BCUT2D eigenvalue weighted by atomic mass is 10.1. The van der Waals surface area contributed by atoms with Crippen molar-refractivity contribution in [3.63, 3.8) is 0 Å². The van der Waals surface area contributed by atoms with Gasteiger partial charge in [0.2, 0.25) is 5.91 Å². The van der Waals surface area contributed by atoms with Crippen molar-refractivity contribution in [1.82, 2.24) is 5.32 Å². The zero-order chi connectivity index (χ0) is 18.0. The second-order valence-electron chi connectivity index (χ2n) is 5.74. The summed E-state index contributed by atoms with van der Waals surface area (Å²) in [6, 6.07) is 10.1. The number of hydrogen-bond donors (Lipinski definition) is 1. The molecule has 3 rings (SSSR count). The Morgan fingerprint density at radius 2 is 1.84 bits per heavy atom. The highest BCUT2D eigenvalue weighted by atomic mass is 19.1. The maximum absolute atomic E-state index is 13.6. The van der Waals surface area contributed by atoms with Crippen molar-refractivity contribution in [2.45, 2.75) is 19.9 Å². The Kier molecular flexibility index (Phi) is 4.61. The number of carbonyl (C=O) groups is 1. The van der Waals surface area contributed by atoms with E-state index in [0.29, 0.717) is 16.5 Å². The highest BCUT2D eigenvalue weighted by molar-refractivity contribution is 5.87. The molecule has 0 bridgehead atoms. The lowest BCUT2D eigenvalue weighted by Crippen LogP contribution is -2.26. The van der Waals surface area contributed by atoms with Gasteiger partial charge in [0.15, 0.2) is 0 Å². The van der Waals surface area contributed by atoms with Crippen LogP contribution in [0.15, 0.2) is 51.7 Å². The van der Waals surface area contributed by atoms with Gasteiger partial charge in [-0.15, -0.1) is 0 Å². The predicted molar refractivity (Wildman–Crippen MR) is 89.1 cm³/mol. The molecular formula is C19H15F2NO3. The fourth-order valence-corrected chi connectivity index (χ4v) is 2.61. The second-order valence-corrected chi connectivity index (χ2v) is 5.74. The lowest BCUT2D eigenvalue weighted by Gasteiger charge is -2.09. The van der Waals surface area contributed by atoms with Crippen LogP contribution in [0.25, 0.3) is 11.0 Å². The predicted octanol–water partition coefficient (Wildman–Crippen LogP) is 3.24. The Hall–Kier alpha value is -3.02. The van der Waals surface area contributed by atoms with Crippen molar-refractivity contribution in [3.8, 4) is 0 Å². The van der Waals surface area contributed by atoms with Crippen LogP contribution in [0, 0.1) is 18.6 Å². The molecule has 0 saturated heterocycles. The summed E-state index contributed by atoms with van der Waals surface area (Å²) >= 11 is 0. The molecule has 0 radical (unpaired) electrons. The van der Waals surface area contributed by atoms with E-state index in [1.54, 1.807) is 12.1 Å². The van der Waals surface area contributed by atoms with E-state index >= 15 is 0 Å². The monoisotopic (exact) mass is 343 g/mol. The fourth-order valence-electron chi connectivity index (χ4n) is 2.61. The summed E-state index contributed by atoms with van der Waals surface area (Å²) < 4.78 is 32.3. The molecule has 1 amide bonds. The summed E-state index contributed by atoms with van der Waals surface area (Å²) in [6.45, 7) is 1.59. The van der Waals surface area contributed by atoms with Gasteiger partial charge in [0.05, 0.1) is 6.42 Å². The quantitative estimate of drug-likeness (QED) is 0.740. The molecule has 0 atom stereocenters. The molecule has 1 heterocycles. The van der Waals surface area contributed by atoms with E-state index in [1.165, 1.54) is 12.1 Å². The molecule has 6 heteroatoms. The van der Waals surface area contributed by atoms with Gasteiger partial charge in [0.25, 0.3) is 0 Å². The number of hydrogen-bond acceptors (Lipinski definition) is 3. The third kappa shape index (κ3) is 3.74. The van der Waals surface area contributed by atoms with Crippen molar-refractivity contribution in [2.24, 2.45) is 0 Å². The SMILES string of the molecule is Cc1ccc2c(CC(=O)NCc3c(F)cccc3F)cc(=O)oc2c1. The molecule has 0 aliphatic rings. The standard InChI is InChI=1S/C19H15F2NO3/c1-11-5-6-13-12(9-19(24)25-17(13)7-11)8-18(23)22-10-14-15(20)3-2-4-16(14)21/h2-7,9H,8,10H2,1H3,(H,22,23). The van der Waals surface area contributed by atoms with E-state index in [9.17, 15) is 18.4 Å². The van der Waals surface area contributed by atoms with Crippen molar-refractivity contribution in [1.29, 1.82) is 0 Å². The second kappa shape index (κ2) is 6.84. The molecule has 0 aliphatic heterocycles. The van der Waals surface area contributed by atoms with Crippen molar-refractivity contribution >= 4 is 16.9 Å². The average Bonchev–Trinajstić information content (AvgIpc) is 2.53. The molecular weight excluding hydrogens is 328 g/mol. The largest absolute Gasteiger partial charge is 0.423 e. The van der Waals surface area contributed by atoms with E-state index in [1.807, 2.05) is 13.0 Å². The van der Waals surface area contributed by atoms with Gasteiger partial charge in [-0.1, -0.05) is 18.2 Å². The number of halogens is 2. The molecule has 1 N–H and O–H groups in total. The van der Waals surface area contributed by atoms with Crippen LogP contribution < -0.4 is 10.9 Å². The average molecular weight is 343 g/mol. The van der Waals surface area contributed by atoms with Crippen molar-refractivity contribution in [2.75, 3.05) is 0 Å². The number of nitrogens with one attached hydrogen (secondary N) is 1. The normalized spacial score (nSPS) is 10.8. The molecule has 0 aliphatic carbocycles. The molecule has 2 aromatic carbocycles. The molecule has 128 valence electrons. The molecule has 25 heavy (non-hydrogen) atoms. The minimum atomic E-state index is -0.721. The molecule has 4 nitrogen and oxygen atoms in total. The highest BCUT2D eigenvalue weighted by Gasteiger charge is 2.13. The topological polar surface area (TPSA) is 59.3 Å². The zero-order valence-corrected chi connectivity index (χ0v) is 13.4. The summed E-state index contributed by atoms with van der Waals surface area (Å²) in [6.07, 6.45) is -0.0960. The van der Waals surface area contributed by atoms with Crippen LogP contribution in [0.5, 0.6) is 0 Å². The first kappa shape index (κ1) is 16.8. The molecule has 0 spiro atoms. The third-order valence-electron chi connectivity index (χ3n) is 3.86. The van der Waals surface area contributed by atoms with E-state index < -0.39 is 23.2 Å². The summed E-state index contributed by atoms with van der Waals surface area (Å²) in [7, 11) is 0. The van der Waals surface area contributed by atoms with E-state index in [2.05, 4.69) is 5.32 Å². The molecule has 0 fully saturated rings. The van der Waals surface area contributed by atoms with Gasteiger partial charge < -0.3 is 9.73 Å². The smallest absolute Gasteiger partial charge is 0.336 e. The first-order chi connectivity index (χ1) is 11.9. The Morgan fingerprint density at radius 3 is 2.56 bits per heavy atom. The number of rotatable bonds is 4. The molecule has 0 saturated carbocycles. The van der Waals surface area contributed by atoms with Crippen LogP contribution >= 0.6 is 0 Å². The molecule has 1 aromatic heterocycles. The first-order valence-electron chi connectivity index (χ1n) is 7.67. The number of carbonyl (C=O) groups excluding carboxylic acids is 1. The Bertz CT molecular complexity index is 991. The van der Waals surface area contributed by atoms with Gasteiger partial charge in [-0.25, -0.2) is 13.6 Å². The molecule has 3 aromatic rings. The Morgan fingerprint density at radius 1 is 1.12 bits per heavy atom. The Labute approximate surface area is 142 Å². The van der Waals surface area contributed by atoms with Gasteiger partial charge in [-0.05, 0) is 36.2 Å². The Balaban J connectivity index is 1.79. The fraction of sp³-hybridized carbons (Fsp3) is 0.158. The van der Waals surface area contributed by atoms with Crippen molar-refractivity contribution in [3.05, 3.63) is 81.2 Å². The van der Waals surface area contributed by atoms with Crippen LogP contribution in [-0.4, -0.2) is 5.91 Å². The third-order valence-corrected chi connectivity index (χ3v) is 3.86. The van der Waals surface area contributed by atoms with Crippen LogP contribution in [-0.2, 0) is 17.8 Å². The van der Waals surface area contributed by atoms with Gasteiger partial charge in [0.1, 0.15) is 17.2 Å². The van der Waals surface area contributed by atoms with E-state index in [4.69, 9.17) is 4.42 Å². The van der Waals surface area contributed by atoms with Gasteiger partial charge in [-0.3, -0.25) is 4.79 Å². The van der Waals surface area contributed by atoms with E-state index in [-0.39, 0.29) is 18.5 Å². The number of amides is 1. The number of aryl methyl sites for hydroxylation is 1. The van der Waals surface area contributed by atoms with Crippen LogP contribution in [0.2, 0.25) is 0 Å². The van der Waals surface area contributed by atoms with Crippen LogP contribution in [0.3, 0.4) is 0 Å². The minimum absolute atomic E-state index is 0.0960. The lowest BCUT2D eigenvalue weighted by molar-refractivity contribution is -0.120. The minimum Gasteiger partial charge on any atom is -0.423 e. The van der Waals surface area contributed by atoms with Gasteiger partial charge in [-0.2, -0.15) is 0 Å². The zero-order valence-electron chi connectivity index (χ0n) is 13.4. The maximum atomic E-state index is 13.6. The summed E-state index contributed by atoms with van der Waals surface area (Å²) in [4.78, 5) is 23.8.